The van der Waals surface area contributed by atoms with Crippen molar-refractivity contribution >= 4 is 11.9 Å². The zero-order chi connectivity index (χ0) is 15.9. The lowest BCUT2D eigenvalue weighted by Gasteiger charge is -2.17. The van der Waals surface area contributed by atoms with E-state index in [-0.39, 0.29) is 18.2 Å². The molecule has 1 aromatic heterocycles. The van der Waals surface area contributed by atoms with Gasteiger partial charge < -0.3 is 9.64 Å². The van der Waals surface area contributed by atoms with Crippen LogP contribution in [-0.4, -0.2) is 40.4 Å². The Morgan fingerprint density at radius 3 is 2.55 bits per heavy atom. The van der Waals surface area contributed by atoms with Crippen LogP contribution in [0.15, 0.2) is 42.9 Å². The standard InChI is InChI=1S/C16H17N3O3/c1-12-3-5-13(6-4-12)10-19(2)15(20)11-22-16(21)14-9-17-7-8-18-14/h3-9H,10-11H2,1-2H3. The molecule has 1 heterocycles. The summed E-state index contributed by atoms with van der Waals surface area (Å²) in [5.41, 5.74) is 2.26. The molecule has 0 aliphatic heterocycles. The Morgan fingerprint density at radius 1 is 1.18 bits per heavy atom. The van der Waals surface area contributed by atoms with Gasteiger partial charge in [0.15, 0.2) is 12.3 Å². The number of aromatic nitrogens is 2. The molecule has 1 aromatic carbocycles. The highest BCUT2D eigenvalue weighted by molar-refractivity contribution is 5.89. The van der Waals surface area contributed by atoms with Crippen molar-refractivity contribution in [2.24, 2.45) is 0 Å². The predicted molar refractivity (Wildman–Crippen MR) is 80.0 cm³/mol. The van der Waals surface area contributed by atoms with Gasteiger partial charge >= 0.3 is 5.97 Å². The summed E-state index contributed by atoms with van der Waals surface area (Å²) in [4.78, 5) is 32.7. The minimum Gasteiger partial charge on any atom is -0.451 e. The van der Waals surface area contributed by atoms with Crippen LogP contribution in [0.5, 0.6) is 0 Å². The maximum Gasteiger partial charge on any atom is 0.359 e. The Kier molecular flexibility index (Phi) is 5.19. The van der Waals surface area contributed by atoms with Crippen molar-refractivity contribution in [3.63, 3.8) is 0 Å². The number of benzene rings is 1. The number of rotatable bonds is 5. The van der Waals surface area contributed by atoms with Gasteiger partial charge in [0.2, 0.25) is 0 Å². The summed E-state index contributed by atoms with van der Waals surface area (Å²) in [5.74, 6) is -0.942. The largest absolute Gasteiger partial charge is 0.451 e. The molecule has 1 amide bonds. The molecule has 0 saturated carbocycles. The Hall–Kier alpha value is -2.76. The van der Waals surface area contributed by atoms with Gasteiger partial charge in [-0.15, -0.1) is 0 Å². The summed E-state index contributed by atoms with van der Waals surface area (Å²) in [6.45, 7) is 2.14. The van der Waals surface area contributed by atoms with Gasteiger partial charge in [-0.2, -0.15) is 0 Å². The number of esters is 1. The third-order valence-electron chi connectivity index (χ3n) is 3.07. The molecule has 0 atom stereocenters. The van der Waals surface area contributed by atoms with Crippen LogP contribution in [-0.2, 0) is 16.1 Å². The fraction of sp³-hybridized carbons (Fsp3) is 0.250. The van der Waals surface area contributed by atoms with Crippen LogP contribution >= 0.6 is 0 Å². The Balaban J connectivity index is 1.84. The molecule has 0 N–H and O–H groups in total. The van der Waals surface area contributed by atoms with Gasteiger partial charge in [0.25, 0.3) is 5.91 Å². The van der Waals surface area contributed by atoms with Crippen LogP contribution in [0.3, 0.4) is 0 Å². The molecule has 6 heteroatoms. The fourth-order valence-electron chi connectivity index (χ4n) is 1.77. The molecule has 22 heavy (non-hydrogen) atoms. The van der Waals surface area contributed by atoms with Crippen LogP contribution in [0.4, 0.5) is 0 Å². The summed E-state index contributed by atoms with van der Waals surface area (Å²) < 4.78 is 4.94. The van der Waals surface area contributed by atoms with E-state index in [1.54, 1.807) is 7.05 Å². The van der Waals surface area contributed by atoms with Gasteiger partial charge in [-0.1, -0.05) is 29.8 Å². The summed E-state index contributed by atoms with van der Waals surface area (Å²) in [5, 5.41) is 0. The smallest absolute Gasteiger partial charge is 0.359 e. The zero-order valence-electron chi connectivity index (χ0n) is 12.5. The summed E-state index contributed by atoms with van der Waals surface area (Å²) in [6, 6.07) is 7.90. The van der Waals surface area contributed by atoms with Crippen molar-refractivity contribution in [2.75, 3.05) is 13.7 Å². The third kappa shape index (κ3) is 4.37. The highest BCUT2D eigenvalue weighted by Crippen LogP contribution is 2.06. The number of likely N-dealkylation sites (N-methyl/N-ethyl adjacent to an activating group) is 1. The van der Waals surface area contributed by atoms with Crippen LogP contribution in [0.25, 0.3) is 0 Å². The molecule has 0 spiro atoms. The second kappa shape index (κ2) is 7.31. The van der Waals surface area contributed by atoms with E-state index in [2.05, 4.69) is 9.97 Å². The average Bonchev–Trinajstić information content (AvgIpc) is 2.55. The Bertz CT molecular complexity index is 641. The number of carbonyl (C=O) groups excluding carboxylic acids is 2. The van der Waals surface area contributed by atoms with E-state index in [4.69, 9.17) is 4.74 Å². The second-order valence-electron chi connectivity index (χ2n) is 4.90. The highest BCUT2D eigenvalue weighted by atomic mass is 16.5. The first-order chi connectivity index (χ1) is 10.6. The molecule has 0 fully saturated rings. The van der Waals surface area contributed by atoms with Gasteiger partial charge in [0.05, 0.1) is 6.20 Å². The number of aryl methyl sites for hydroxylation is 1. The fourth-order valence-corrected chi connectivity index (χ4v) is 1.77. The van der Waals surface area contributed by atoms with Crippen LogP contribution in [0.1, 0.15) is 21.6 Å². The number of nitrogens with zero attached hydrogens (tertiary/aromatic N) is 3. The zero-order valence-corrected chi connectivity index (χ0v) is 12.5. The number of hydrogen-bond acceptors (Lipinski definition) is 5. The van der Waals surface area contributed by atoms with Gasteiger partial charge in [-0.3, -0.25) is 9.78 Å². The molecule has 6 nitrogen and oxygen atoms in total. The summed E-state index contributed by atoms with van der Waals surface area (Å²) in [7, 11) is 1.67. The molecule has 0 unspecified atom stereocenters. The van der Waals surface area contributed by atoms with E-state index in [1.165, 1.54) is 23.5 Å². The quantitative estimate of drug-likeness (QED) is 0.784. The lowest BCUT2D eigenvalue weighted by atomic mass is 10.1. The molecule has 0 aliphatic carbocycles. The molecule has 0 aliphatic rings. The maximum atomic E-state index is 12.0. The maximum absolute atomic E-state index is 12.0. The Morgan fingerprint density at radius 2 is 1.91 bits per heavy atom. The van der Waals surface area contributed by atoms with Crippen molar-refractivity contribution in [1.82, 2.24) is 14.9 Å². The minimum absolute atomic E-state index is 0.0801. The van der Waals surface area contributed by atoms with Crippen molar-refractivity contribution in [1.29, 1.82) is 0 Å². The molecule has 2 aromatic rings. The van der Waals surface area contributed by atoms with E-state index < -0.39 is 5.97 Å². The first-order valence-electron chi connectivity index (χ1n) is 6.79. The SMILES string of the molecule is Cc1ccc(CN(C)C(=O)COC(=O)c2cnccn2)cc1. The third-order valence-corrected chi connectivity index (χ3v) is 3.07. The molecular formula is C16H17N3O3. The molecular weight excluding hydrogens is 282 g/mol. The number of ether oxygens (including phenoxy) is 1. The molecule has 0 bridgehead atoms. The van der Waals surface area contributed by atoms with Crippen LogP contribution < -0.4 is 0 Å². The van der Waals surface area contributed by atoms with E-state index in [1.807, 2.05) is 31.2 Å². The Labute approximate surface area is 128 Å². The van der Waals surface area contributed by atoms with E-state index >= 15 is 0 Å². The molecule has 0 saturated heterocycles. The lowest BCUT2D eigenvalue weighted by molar-refractivity contribution is -0.133. The van der Waals surface area contributed by atoms with Gasteiger partial charge in [-0.25, -0.2) is 9.78 Å². The molecule has 0 radical (unpaired) electrons. The predicted octanol–water partition coefficient (Wildman–Crippen LogP) is 1.60. The first kappa shape index (κ1) is 15.6. The highest BCUT2D eigenvalue weighted by Gasteiger charge is 2.14. The average molecular weight is 299 g/mol. The van der Waals surface area contributed by atoms with Crippen LogP contribution in [0.2, 0.25) is 0 Å². The van der Waals surface area contributed by atoms with Gasteiger partial charge in [-0.05, 0) is 12.5 Å². The van der Waals surface area contributed by atoms with Gasteiger partial charge in [0, 0.05) is 26.0 Å². The molecule has 114 valence electrons. The first-order valence-corrected chi connectivity index (χ1v) is 6.79. The number of amides is 1. The summed E-state index contributed by atoms with van der Waals surface area (Å²) in [6.07, 6.45) is 4.14. The normalized spacial score (nSPS) is 10.1. The number of carbonyl (C=O) groups is 2. The van der Waals surface area contributed by atoms with E-state index in [0.29, 0.717) is 6.54 Å². The van der Waals surface area contributed by atoms with Crippen molar-refractivity contribution in [3.8, 4) is 0 Å². The van der Waals surface area contributed by atoms with Crippen LogP contribution in [0, 0.1) is 6.92 Å². The van der Waals surface area contributed by atoms with E-state index in [0.717, 1.165) is 11.1 Å². The lowest BCUT2D eigenvalue weighted by Crippen LogP contribution is -2.30. The van der Waals surface area contributed by atoms with Crippen molar-refractivity contribution < 1.29 is 14.3 Å². The summed E-state index contributed by atoms with van der Waals surface area (Å²) >= 11 is 0. The second-order valence-corrected chi connectivity index (χ2v) is 4.90. The van der Waals surface area contributed by atoms with Crippen molar-refractivity contribution in [2.45, 2.75) is 13.5 Å². The number of hydrogen-bond donors (Lipinski definition) is 0. The molecule has 2 rings (SSSR count). The topological polar surface area (TPSA) is 72.4 Å². The minimum atomic E-state index is -0.662. The van der Waals surface area contributed by atoms with Gasteiger partial charge in [0.1, 0.15) is 0 Å². The van der Waals surface area contributed by atoms with E-state index in [9.17, 15) is 9.59 Å². The van der Waals surface area contributed by atoms with Crippen molar-refractivity contribution in [3.05, 3.63) is 59.7 Å². The monoisotopic (exact) mass is 299 g/mol.